The molecule has 4 heteroatoms. The third-order valence-electron chi connectivity index (χ3n) is 3.12. The maximum atomic E-state index is 13.1. The van der Waals surface area contributed by atoms with Crippen LogP contribution in [0.2, 0.25) is 5.02 Å². The molecule has 0 fully saturated rings. The van der Waals surface area contributed by atoms with E-state index in [4.69, 9.17) is 16.3 Å². The molecule has 1 atom stereocenters. The van der Waals surface area contributed by atoms with Crippen LogP contribution in [0, 0.1) is 5.82 Å². The Morgan fingerprint density at radius 2 is 1.90 bits per heavy atom. The van der Waals surface area contributed by atoms with Crippen molar-refractivity contribution in [2.24, 2.45) is 0 Å². The highest BCUT2D eigenvalue weighted by Gasteiger charge is 2.17. The van der Waals surface area contributed by atoms with Crippen molar-refractivity contribution in [3.8, 4) is 5.75 Å². The van der Waals surface area contributed by atoms with Gasteiger partial charge in [0.05, 0.1) is 13.2 Å². The predicted octanol–water partition coefficient (Wildman–Crippen LogP) is 4.19. The molecule has 0 radical (unpaired) electrons. The summed E-state index contributed by atoms with van der Waals surface area (Å²) in [6.07, 6.45) is 0. The van der Waals surface area contributed by atoms with E-state index in [1.165, 1.54) is 12.1 Å². The average Bonchev–Trinajstić information content (AvgIpc) is 2.46. The van der Waals surface area contributed by atoms with Crippen LogP contribution in [-0.2, 0) is 0 Å². The summed E-state index contributed by atoms with van der Waals surface area (Å²) < 4.78 is 18.5. The van der Waals surface area contributed by atoms with Crippen molar-refractivity contribution in [2.45, 2.75) is 13.0 Å². The molecular weight excluding hydrogens is 277 g/mol. The second-order valence-electron chi connectivity index (χ2n) is 4.43. The van der Waals surface area contributed by atoms with E-state index >= 15 is 0 Å². The van der Waals surface area contributed by atoms with Crippen molar-refractivity contribution in [1.29, 1.82) is 0 Å². The lowest BCUT2D eigenvalue weighted by Crippen LogP contribution is -2.22. The maximum Gasteiger partial charge on any atom is 0.125 e. The molecule has 0 heterocycles. The number of benzene rings is 2. The van der Waals surface area contributed by atoms with E-state index in [1.807, 2.05) is 19.1 Å². The summed E-state index contributed by atoms with van der Waals surface area (Å²) in [5.41, 5.74) is 1.96. The van der Waals surface area contributed by atoms with Crippen LogP contribution in [0.1, 0.15) is 24.1 Å². The van der Waals surface area contributed by atoms with Gasteiger partial charge >= 0.3 is 0 Å². The van der Waals surface area contributed by atoms with E-state index in [1.54, 1.807) is 25.3 Å². The first kappa shape index (κ1) is 14.8. The van der Waals surface area contributed by atoms with E-state index in [2.05, 4.69) is 5.32 Å². The quantitative estimate of drug-likeness (QED) is 0.892. The standard InChI is InChI=1S/C16H17ClFNO/c1-3-19-16(11-4-7-13(18)8-5-11)14-9-6-12(17)10-15(14)20-2/h4-10,16,19H,3H2,1-2H3. The fourth-order valence-corrected chi connectivity index (χ4v) is 2.35. The van der Waals surface area contributed by atoms with Gasteiger partial charge in [0.1, 0.15) is 11.6 Å². The summed E-state index contributed by atoms with van der Waals surface area (Å²) in [5, 5.41) is 4.01. The highest BCUT2D eigenvalue weighted by atomic mass is 35.5. The summed E-state index contributed by atoms with van der Waals surface area (Å²) in [4.78, 5) is 0. The Bertz CT molecular complexity index is 571. The Morgan fingerprint density at radius 3 is 2.50 bits per heavy atom. The molecule has 0 aliphatic rings. The van der Waals surface area contributed by atoms with E-state index in [0.29, 0.717) is 10.8 Å². The first-order chi connectivity index (χ1) is 9.65. The Balaban J connectivity index is 2.45. The molecule has 2 nitrogen and oxygen atoms in total. The van der Waals surface area contributed by atoms with Crippen LogP contribution in [0.15, 0.2) is 42.5 Å². The summed E-state index contributed by atoms with van der Waals surface area (Å²) in [7, 11) is 1.61. The van der Waals surface area contributed by atoms with E-state index in [9.17, 15) is 4.39 Å². The fourth-order valence-electron chi connectivity index (χ4n) is 2.19. The van der Waals surface area contributed by atoms with Crippen molar-refractivity contribution in [3.05, 3.63) is 64.4 Å². The largest absolute Gasteiger partial charge is 0.496 e. The SMILES string of the molecule is CCNC(c1ccc(F)cc1)c1ccc(Cl)cc1OC. The molecular formula is C16H17ClFNO. The topological polar surface area (TPSA) is 21.3 Å². The zero-order valence-corrected chi connectivity index (χ0v) is 12.2. The minimum absolute atomic E-state index is 0.0622. The highest BCUT2D eigenvalue weighted by Crippen LogP contribution is 2.32. The minimum atomic E-state index is -0.243. The van der Waals surface area contributed by atoms with Crippen LogP contribution in [0.5, 0.6) is 5.75 Å². The van der Waals surface area contributed by atoms with Crippen molar-refractivity contribution < 1.29 is 9.13 Å². The number of halogens is 2. The third kappa shape index (κ3) is 3.30. The Kier molecular flexibility index (Phi) is 4.99. The number of nitrogens with one attached hydrogen (secondary N) is 1. The van der Waals surface area contributed by atoms with E-state index in [0.717, 1.165) is 17.7 Å². The summed E-state index contributed by atoms with van der Waals surface area (Å²) in [6.45, 7) is 2.81. The Hall–Kier alpha value is -1.58. The van der Waals surface area contributed by atoms with Crippen LogP contribution in [-0.4, -0.2) is 13.7 Å². The van der Waals surface area contributed by atoms with Gasteiger partial charge in [-0.15, -0.1) is 0 Å². The minimum Gasteiger partial charge on any atom is -0.496 e. The van der Waals surface area contributed by atoms with E-state index < -0.39 is 0 Å². The highest BCUT2D eigenvalue weighted by molar-refractivity contribution is 6.30. The number of methoxy groups -OCH3 is 1. The predicted molar refractivity (Wildman–Crippen MR) is 79.9 cm³/mol. The summed E-state index contributed by atoms with van der Waals surface area (Å²) >= 11 is 5.99. The molecule has 2 aromatic carbocycles. The number of ether oxygens (including phenoxy) is 1. The molecule has 0 aromatic heterocycles. The first-order valence-electron chi connectivity index (χ1n) is 6.48. The van der Waals surface area contributed by atoms with E-state index in [-0.39, 0.29) is 11.9 Å². The molecule has 1 unspecified atom stereocenters. The Morgan fingerprint density at radius 1 is 1.20 bits per heavy atom. The van der Waals surface area contributed by atoms with Crippen molar-refractivity contribution in [3.63, 3.8) is 0 Å². The van der Waals surface area contributed by atoms with Gasteiger partial charge in [-0.25, -0.2) is 4.39 Å². The maximum absolute atomic E-state index is 13.1. The zero-order valence-electron chi connectivity index (χ0n) is 11.5. The second-order valence-corrected chi connectivity index (χ2v) is 4.86. The van der Waals surface area contributed by atoms with Gasteiger partial charge < -0.3 is 10.1 Å². The van der Waals surface area contributed by atoms with Crippen LogP contribution >= 0.6 is 11.6 Å². The number of hydrogen-bond donors (Lipinski definition) is 1. The van der Waals surface area contributed by atoms with Gasteiger partial charge in [-0.2, -0.15) is 0 Å². The molecule has 106 valence electrons. The molecule has 0 aliphatic heterocycles. The lowest BCUT2D eigenvalue weighted by molar-refractivity contribution is 0.404. The molecule has 2 aromatic rings. The van der Waals surface area contributed by atoms with Crippen LogP contribution in [0.4, 0.5) is 4.39 Å². The first-order valence-corrected chi connectivity index (χ1v) is 6.85. The second kappa shape index (κ2) is 6.73. The molecule has 0 aliphatic carbocycles. The summed E-state index contributed by atoms with van der Waals surface area (Å²) in [6, 6.07) is 11.9. The molecule has 0 amide bonds. The molecule has 0 saturated carbocycles. The molecule has 0 saturated heterocycles. The van der Waals surface area contributed by atoms with Gasteiger partial charge in [-0.3, -0.25) is 0 Å². The van der Waals surface area contributed by atoms with Crippen molar-refractivity contribution >= 4 is 11.6 Å². The van der Waals surface area contributed by atoms with Crippen molar-refractivity contribution in [2.75, 3.05) is 13.7 Å². The van der Waals surface area contributed by atoms with Gasteiger partial charge in [-0.1, -0.05) is 36.7 Å². The lowest BCUT2D eigenvalue weighted by Gasteiger charge is -2.21. The third-order valence-corrected chi connectivity index (χ3v) is 3.35. The van der Waals surface area contributed by atoms with Gasteiger partial charge in [0.15, 0.2) is 0 Å². The smallest absolute Gasteiger partial charge is 0.125 e. The molecule has 0 spiro atoms. The summed E-state index contributed by atoms with van der Waals surface area (Å²) in [5.74, 6) is 0.472. The van der Waals surface area contributed by atoms with Crippen LogP contribution < -0.4 is 10.1 Å². The number of hydrogen-bond acceptors (Lipinski definition) is 2. The monoisotopic (exact) mass is 293 g/mol. The normalized spacial score (nSPS) is 12.2. The molecule has 0 bridgehead atoms. The average molecular weight is 294 g/mol. The van der Waals surface area contributed by atoms with Crippen LogP contribution in [0.3, 0.4) is 0 Å². The van der Waals surface area contributed by atoms with Crippen molar-refractivity contribution in [1.82, 2.24) is 5.32 Å². The van der Waals surface area contributed by atoms with Gasteiger partial charge in [0, 0.05) is 10.6 Å². The van der Waals surface area contributed by atoms with Gasteiger partial charge in [0.2, 0.25) is 0 Å². The van der Waals surface area contributed by atoms with Gasteiger partial charge in [0.25, 0.3) is 0 Å². The lowest BCUT2D eigenvalue weighted by atomic mass is 9.97. The molecule has 20 heavy (non-hydrogen) atoms. The molecule has 2 rings (SSSR count). The van der Waals surface area contributed by atoms with Crippen LogP contribution in [0.25, 0.3) is 0 Å². The number of rotatable bonds is 5. The Labute approximate surface area is 123 Å². The zero-order chi connectivity index (χ0) is 14.5. The van der Waals surface area contributed by atoms with Gasteiger partial charge in [-0.05, 0) is 36.4 Å². The fraction of sp³-hybridized carbons (Fsp3) is 0.250. The molecule has 1 N–H and O–H groups in total.